The summed E-state index contributed by atoms with van der Waals surface area (Å²) in [7, 11) is 2.69. The van der Waals surface area contributed by atoms with E-state index in [-0.39, 0.29) is 22.1 Å². The van der Waals surface area contributed by atoms with Crippen LogP contribution in [0, 0.1) is 0 Å². The van der Waals surface area contributed by atoms with E-state index in [1.807, 2.05) is 6.92 Å². The average Bonchev–Trinajstić information content (AvgIpc) is 2.83. The molecule has 0 spiro atoms. The Labute approximate surface area is 127 Å². The van der Waals surface area contributed by atoms with Gasteiger partial charge in [-0.3, -0.25) is 4.79 Å². The number of rotatable bonds is 4. The molecule has 0 aliphatic carbocycles. The zero-order valence-electron chi connectivity index (χ0n) is 11.7. The second-order valence-corrected chi connectivity index (χ2v) is 7.66. The maximum atomic E-state index is 12.2. The van der Waals surface area contributed by atoms with Gasteiger partial charge >= 0.3 is 0 Å². The number of carbonyl (C=O) groups excluding carboxylic acids is 1. The van der Waals surface area contributed by atoms with E-state index in [1.165, 1.54) is 25.3 Å². The fourth-order valence-corrected chi connectivity index (χ4v) is 3.14. The number of carbonyl (C=O) groups is 1. The fraction of sp³-hybridized carbons (Fsp3) is 0.462. The third-order valence-electron chi connectivity index (χ3n) is 3.32. The standard InChI is InChI=1S/C13H16ClNO5S/c1-13(5-6-20-8-13)15-12(16)9-3-4-10(19-2)11(7-9)21(14,17)18/h3-4,7H,5-6,8H2,1-2H3,(H,15,16). The van der Waals surface area contributed by atoms with Crippen molar-refractivity contribution >= 4 is 25.6 Å². The lowest BCUT2D eigenvalue weighted by Gasteiger charge is -2.23. The molecule has 1 aliphatic heterocycles. The molecule has 6 nitrogen and oxygen atoms in total. The Balaban J connectivity index is 2.30. The number of ether oxygens (including phenoxy) is 2. The van der Waals surface area contributed by atoms with Crippen molar-refractivity contribution in [2.24, 2.45) is 0 Å². The van der Waals surface area contributed by atoms with Crippen molar-refractivity contribution in [1.29, 1.82) is 0 Å². The van der Waals surface area contributed by atoms with Crippen LogP contribution in [-0.2, 0) is 13.8 Å². The van der Waals surface area contributed by atoms with Gasteiger partial charge in [0.2, 0.25) is 0 Å². The van der Waals surface area contributed by atoms with E-state index >= 15 is 0 Å². The maximum Gasteiger partial charge on any atom is 0.265 e. The first kappa shape index (κ1) is 16.1. The normalized spacial score (nSPS) is 22.0. The lowest BCUT2D eigenvalue weighted by atomic mass is 10.0. The minimum absolute atomic E-state index is 0.0944. The van der Waals surface area contributed by atoms with Crippen LogP contribution in [0.15, 0.2) is 23.1 Å². The number of methoxy groups -OCH3 is 1. The van der Waals surface area contributed by atoms with Crippen LogP contribution < -0.4 is 10.1 Å². The van der Waals surface area contributed by atoms with Crippen molar-refractivity contribution in [1.82, 2.24) is 5.32 Å². The number of halogens is 1. The van der Waals surface area contributed by atoms with Gasteiger partial charge in [0.1, 0.15) is 10.6 Å². The molecule has 1 saturated heterocycles. The Morgan fingerprint density at radius 1 is 1.48 bits per heavy atom. The highest BCUT2D eigenvalue weighted by atomic mass is 35.7. The van der Waals surface area contributed by atoms with Gasteiger partial charge in [-0.2, -0.15) is 0 Å². The van der Waals surface area contributed by atoms with Crippen molar-refractivity contribution in [3.05, 3.63) is 23.8 Å². The molecule has 1 aliphatic rings. The van der Waals surface area contributed by atoms with Gasteiger partial charge in [-0.1, -0.05) is 0 Å². The second-order valence-electron chi connectivity index (χ2n) is 5.12. The topological polar surface area (TPSA) is 81.7 Å². The third-order valence-corrected chi connectivity index (χ3v) is 4.67. The summed E-state index contributed by atoms with van der Waals surface area (Å²) in [6, 6.07) is 4.09. The summed E-state index contributed by atoms with van der Waals surface area (Å²) in [6.07, 6.45) is 0.704. The van der Waals surface area contributed by atoms with Crippen LogP contribution in [0.2, 0.25) is 0 Å². The summed E-state index contributed by atoms with van der Waals surface area (Å²) >= 11 is 0. The third kappa shape index (κ3) is 3.66. The van der Waals surface area contributed by atoms with Crippen molar-refractivity contribution < 1.29 is 22.7 Å². The van der Waals surface area contributed by atoms with Gasteiger partial charge < -0.3 is 14.8 Å². The molecule has 0 aromatic heterocycles. The summed E-state index contributed by atoms with van der Waals surface area (Å²) < 4.78 is 33.3. The molecule has 8 heteroatoms. The second kappa shape index (κ2) is 5.82. The van der Waals surface area contributed by atoms with Crippen LogP contribution in [0.1, 0.15) is 23.7 Å². The van der Waals surface area contributed by atoms with E-state index < -0.39 is 14.6 Å². The van der Waals surface area contributed by atoms with Crippen LogP contribution >= 0.6 is 10.7 Å². The van der Waals surface area contributed by atoms with E-state index in [9.17, 15) is 13.2 Å². The molecule has 0 bridgehead atoms. The van der Waals surface area contributed by atoms with Crippen LogP contribution in [0.4, 0.5) is 0 Å². The predicted octanol–water partition coefficient (Wildman–Crippen LogP) is 1.53. The SMILES string of the molecule is COc1ccc(C(=O)NC2(C)CCOC2)cc1S(=O)(=O)Cl. The molecule has 2 rings (SSSR count). The average molecular weight is 334 g/mol. The summed E-state index contributed by atoms with van der Waals surface area (Å²) in [6.45, 7) is 2.89. The zero-order valence-corrected chi connectivity index (χ0v) is 13.3. The highest BCUT2D eigenvalue weighted by Crippen LogP contribution is 2.28. The first-order valence-corrected chi connectivity index (χ1v) is 8.59. The van der Waals surface area contributed by atoms with E-state index in [4.69, 9.17) is 20.2 Å². The number of benzene rings is 1. The minimum Gasteiger partial charge on any atom is -0.495 e. The van der Waals surface area contributed by atoms with E-state index in [2.05, 4.69) is 5.32 Å². The summed E-state index contributed by atoms with van der Waals surface area (Å²) in [5.41, 5.74) is -0.250. The first-order chi connectivity index (χ1) is 9.75. The molecule has 0 radical (unpaired) electrons. The summed E-state index contributed by atoms with van der Waals surface area (Å²) in [4.78, 5) is 12.0. The van der Waals surface area contributed by atoms with Gasteiger partial charge in [0.15, 0.2) is 0 Å². The molecule has 1 amide bonds. The molecule has 1 aromatic carbocycles. The first-order valence-electron chi connectivity index (χ1n) is 6.28. The van der Waals surface area contributed by atoms with E-state index in [1.54, 1.807) is 0 Å². The fourth-order valence-electron chi connectivity index (χ4n) is 2.12. The highest BCUT2D eigenvalue weighted by Gasteiger charge is 2.32. The molecule has 21 heavy (non-hydrogen) atoms. The lowest BCUT2D eigenvalue weighted by molar-refractivity contribution is 0.0889. The zero-order chi connectivity index (χ0) is 15.7. The van der Waals surface area contributed by atoms with Crippen LogP contribution in [0.5, 0.6) is 5.75 Å². The van der Waals surface area contributed by atoms with Crippen LogP contribution in [0.3, 0.4) is 0 Å². The van der Waals surface area contributed by atoms with Crippen LogP contribution in [-0.4, -0.2) is 40.2 Å². The molecule has 1 unspecified atom stereocenters. The van der Waals surface area contributed by atoms with Crippen LogP contribution in [0.25, 0.3) is 0 Å². The van der Waals surface area contributed by atoms with Gasteiger partial charge in [0, 0.05) is 22.9 Å². The Bertz CT molecular complexity index is 653. The van der Waals surface area contributed by atoms with Gasteiger partial charge in [-0.25, -0.2) is 8.42 Å². The maximum absolute atomic E-state index is 12.2. The Morgan fingerprint density at radius 3 is 2.71 bits per heavy atom. The Morgan fingerprint density at radius 2 is 2.19 bits per heavy atom. The largest absolute Gasteiger partial charge is 0.495 e. The molecular weight excluding hydrogens is 318 g/mol. The smallest absolute Gasteiger partial charge is 0.265 e. The van der Waals surface area contributed by atoms with Gasteiger partial charge in [0.25, 0.3) is 15.0 Å². The Kier molecular flexibility index (Phi) is 4.46. The van der Waals surface area contributed by atoms with Crippen molar-refractivity contribution in [3.8, 4) is 5.75 Å². The molecule has 1 N–H and O–H groups in total. The van der Waals surface area contributed by atoms with Gasteiger partial charge in [0.05, 0.1) is 19.3 Å². The van der Waals surface area contributed by atoms with Gasteiger partial charge in [-0.15, -0.1) is 0 Å². The van der Waals surface area contributed by atoms with Crippen molar-refractivity contribution in [2.75, 3.05) is 20.3 Å². The molecule has 1 heterocycles. The molecular formula is C13H16ClNO5S. The van der Waals surface area contributed by atoms with E-state index in [0.29, 0.717) is 19.6 Å². The Hall–Kier alpha value is -1.31. The number of amides is 1. The van der Waals surface area contributed by atoms with Crippen molar-refractivity contribution in [2.45, 2.75) is 23.8 Å². The van der Waals surface area contributed by atoms with Gasteiger partial charge in [-0.05, 0) is 31.5 Å². The molecule has 0 saturated carbocycles. The summed E-state index contributed by atoms with van der Waals surface area (Å²) in [5, 5.41) is 2.85. The van der Waals surface area contributed by atoms with Crippen molar-refractivity contribution in [3.63, 3.8) is 0 Å². The monoisotopic (exact) mass is 333 g/mol. The highest BCUT2D eigenvalue weighted by molar-refractivity contribution is 8.13. The quantitative estimate of drug-likeness (QED) is 0.845. The number of hydrogen-bond acceptors (Lipinski definition) is 5. The predicted molar refractivity (Wildman–Crippen MR) is 77.3 cm³/mol. The number of hydrogen-bond donors (Lipinski definition) is 1. The molecule has 1 atom stereocenters. The van der Waals surface area contributed by atoms with E-state index in [0.717, 1.165) is 0 Å². The molecule has 1 fully saturated rings. The minimum atomic E-state index is -4.00. The summed E-state index contributed by atoms with van der Waals surface area (Å²) in [5.74, 6) is -0.288. The molecule has 1 aromatic rings. The lowest BCUT2D eigenvalue weighted by Crippen LogP contribution is -2.46. The molecule has 116 valence electrons. The number of nitrogens with one attached hydrogen (secondary N) is 1.